The number of nitrogens with zero attached hydrogens (tertiary/aromatic N) is 2. The third-order valence-electron chi connectivity index (χ3n) is 4.53. The van der Waals surface area contributed by atoms with Crippen molar-refractivity contribution in [1.29, 1.82) is 0 Å². The summed E-state index contributed by atoms with van der Waals surface area (Å²) in [6, 6.07) is -0.0116. The monoisotopic (exact) mass is 268 g/mol. The average molecular weight is 268 g/mol. The summed E-state index contributed by atoms with van der Waals surface area (Å²) < 4.78 is 0. The van der Waals surface area contributed by atoms with Crippen LogP contribution >= 0.6 is 0 Å². The molecule has 1 aliphatic heterocycles. The summed E-state index contributed by atoms with van der Waals surface area (Å²) in [6.07, 6.45) is 4.97. The van der Waals surface area contributed by atoms with Crippen LogP contribution in [0.25, 0.3) is 0 Å². The van der Waals surface area contributed by atoms with Gasteiger partial charge in [0.25, 0.3) is 0 Å². The van der Waals surface area contributed by atoms with Gasteiger partial charge in [-0.05, 0) is 24.7 Å². The highest BCUT2D eigenvalue weighted by atomic mass is 16.4. The Morgan fingerprint density at radius 1 is 1.26 bits per heavy atom. The molecule has 2 fully saturated rings. The first kappa shape index (κ1) is 14.2. The summed E-state index contributed by atoms with van der Waals surface area (Å²) in [7, 11) is 1.83. The Balaban J connectivity index is 1.87. The van der Waals surface area contributed by atoms with Crippen molar-refractivity contribution in [1.82, 2.24) is 9.80 Å². The number of amides is 2. The predicted octanol–water partition coefficient (Wildman–Crippen LogP) is 1.88. The molecule has 19 heavy (non-hydrogen) atoms. The molecule has 0 unspecified atom stereocenters. The van der Waals surface area contributed by atoms with Crippen LogP contribution in [0.4, 0.5) is 4.79 Å². The van der Waals surface area contributed by atoms with E-state index in [1.807, 2.05) is 14.0 Å². The van der Waals surface area contributed by atoms with E-state index in [4.69, 9.17) is 5.11 Å². The molecule has 1 heterocycles. The number of hydrogen-bond donors (Lipinski definition) is 1. The van der Waals surface area contributed by atoms with E-state index < -0.39 is 11.9 Å². The van der Waals surface area contributed by atoms with E-state index in [-0.39, 0.29) is 11.9 Å². The van der Waals surface area contributed by atoms with E-state index in [0.29, 0.717) is 19.0 Å². The average Bonchev–Trinajstić information content (AvgIpc) is 2.97. The molecule has 5 heteroatoms. The Morgan fingerprint density at radius 2 is 1.89 bits per heavy atom. The third kappa shape index (κ3) is 3.19. The van der Waals surface area contributed by atoms with Crippen LogP contribution in [0.5, 0.6) is 0 Å². The molecule has 1 saturated carbocycles. The minimum atomic E-state index is -0.791. The van der Waals surface area contributed by atoms with Crippen molar-refractivity contribution >= 4 is 12.0 Å². The fourth-order valence-electron chi connectivity index (χ4n) is 3.34. The van der Waals surface area contributed by atoms with Crippen LogP contribution < -0.4 is 0 Å². The number of hydrogen-bond acceptors (Lipinski definition) is 2. The molecule has 0 radical (unpaired) electrons. The van der Waals surface area contributed by atoms with E-state index >= 15 is 0 Å². The molecule has 0 bridgehead atoms. The lowest BCUT2D eigenvalue weighted by Gasteiger charge is -2.26. The Bertz CT molecular complexity index is 353. The fraction of sp³-hybridized carbons (Fsp3) is 0.857. The molecular weight excluding hydrogens is 244 g/mol. The number of carbonyl (C=O) groups is 2. The van der Waals surface area contributed by atoms with Crippen molar-refractivity contribution in [3.63, 3.8) is 0 Å². The van der Waals surface area contributed by atoms with Gasteiger partial charge in [0.2, 0.25) is 0 Å². The summed E-state index contributed by atoms with van der Waals surface area (Å²) in [5.74, 6) is -0.532. The van der Waals surface area contributed by atoms with Gasteiger partial charge in [0.1, 0.15) is 0 Å². The van der Waals surface area contributed by atoms with Crippen molar-refractivity contribution in [3.8, 4) is 0 Å². The molecule has 2 rings (SSSR count). The van der Waals surface area contributed by atoms with Gasteiger partial charge in [0, 0.05) is 26.7 Å². The molecule has 2 amide bonds. The van der Waals surface area contributed by atoms with Gasteiger partial charge in [0.05, 0.1) is 5.92 Å². The highest BCUT2D eigenvalue weighted by Gasteiger charge is 2.38. The van der Waals surface area contributed by atoms with Crippen molar-refractivity contribution in [2.75, 3.05) is 26.7 Å². The summed E-state index contributed by atoms with van der Waals surface area (Å²) >= 11 is 0. The second-order valence-corrected chi connectivity index (χ2v) is 6.14. The molecule has 2 aliphatic rings. The van der Waals surface area contributed by atoms with Crippen LogP contribution in [0.3, 0.4) is 0 Å². The molecule has 2 atom stereocenters. The molecule has 0 aromatic rings. The Kier molecular flexibility index (Phi) is 4.32. The van der Waals surface area contributed by atoms with E-state index in [0.717, 1.165) is 6.54 Å². The zero-order valence-corrected chi connectivity index (χ0v) is 11.8. The zero-order valence-electron chi connectivity index (χ0n) is 11.8. The Hall–Kier alpha value is -1.26. The number of carboxylic acid groups (broad SMARTS) is 1. The predicted molar refractivity (Wildman–Crippen MR) is 71.8 cm³/mol. The highest BCUT2D eigenvalue weighted by molar-refractivity contribution is 5.77. The van der Waals surface area contributed by atoms with Crippen molar-refractivity contribution < 1.29 is 14.7 Å². The Labute approximate surface area is 114 Å². The zero-order chi connectivity index (χ0) is 14.0. The molecule has 108 valence electrons. The first-order valence-corrected chi connectivity index (χ1v) is 7.22. The van der Waals surface area contributed by atoms with Gasteiger partial charge in [-0.15, -0.1) is 0 Å². The van der Waals surface area contributed by atoms with Crippen LogP contribution in [0.2, 0.25) is 0 Å². The summed E-state index contributed by atoms with van der Waals surface area (Å²) in [5.41, 5.74) is 0. The van der Waals surface area contributed by atoms with Crippen molar-refractivity contribution in [2.24, 2.45) is 17.8 Å². The quantitative estimate of drug-likeness (QED) is 0.850. The molecular formula is C14H24N2O3. The van der Waals surface area contributed by atoms with Crippen LogP contribution in [0.15, 0.2) is 0 Å². The normalized spacial score (nSPS) is 27.8. The van der Waals surface area contributed by atoms with E-state index in [1.165, 1.54) is 25.7 Å². The maximum atomic E-state index is 12.3. The van der Waals surface area contributed by atoms with Crippen LogP contribution in [-0.4, -0.2) is 53.6 Å². The van der Waals surface area contributed by atoms with Gasteiger partial charge in [-0.25, -0.2) is 4.79 Å². The second kappa shape index (κ2) is 5.80. The van der Waals surface area contributed by atoms with Crippen molar-refractivity contribution in [2.45, 2.75) is 32.6 Å². The lowest BCUT2D eigenvalue weighted by atomic mass is 9.99. The van der Waals surface area contributed by atoms with Crippen LogP contribution in [0.1, 0.15) is 32.6 Å². The van der Waals surface area contributed by atoms with Crippen molar-refractivity contribution in [3.05, 3.63) is 0 Å². The van der Waals surface area contributed by atoms with Gasteiger partial charge in [0.15, 0.2) is 0 Å². The van der Waals surface area contributed by atoms with Gasteiger partial charge in [-0.2, -0.15) is 0 Å². The molecule has 1 saturated heterocycles. The fourth-order valence-corrected chi connectivity index (χ4v) is 3.34. The van der Waals surface area contributed by atoms with E-state index in [9.17, 15) is 9.59 Å². The smallest absolute Gasteiger partial charge is 0.319 e. The summed E-state index contributed by atoms with van der Waals surface area (Å²) in [6.45, 7) is 3.62. The molecule has 0 spiro atoms. The van der Waals surface area contributed by atoms with E-state index in [2.05, 4.69) is 0 Å². The van der Waals surface area contributed by atoms with Crippen LogP contribution in [0, 0.1) is 17.8 Å². The highest BCUT2D eigenvalue weighted by Crippen LogP contribution is 2.27. The summed E-state index contributed by atoms with van der Waals surface area (Å²) in [4.78, 5) is 26.8. The van der Waals surface area contributed by atoms with Gasteiger partial charge in [-0.1, -0.05) is 19.8 Å². The van der Waals surface area contributed by atoms with Gasteiger partial charge >= 0.3 is 12.0 Å². The lowest BCUT2D eigenvalue weighted by Crippen LogP contribution is -2.42. The van der Waals surface area contributed by atoms with Crippen LogP contribution in [-0.2, 0) is 4.79 Å². The topological polar surface area (TPSA) is 60.9 Å². The maximum absolute atomic E-state index is 12.3. The van der Waals surface area contributed by atoms with E-state index in [1.54, 1.807) is 9.80 Å². The number of carbonyl (C=O) groups excluding carboxylic acids is 1. The molecule has 5 nitrogen and oxygen atoms in total. The first-order valence-electron chi connectivity index (χ1n) is 7.22. The minimum Gasteiger partial charge on any atom is -0.481 e. The molecule has 1 N–H and O–H groups in total. The SMILES string of the molecule is C[C@@H]1CN(C(=O)N(C)CC2CCCC2)C[C@H]1C(=O)O. The molecule has 0 aromatic carbocycles. The summed E-state index contributed by atoms with van der Waals surface area (Å²) in [5, 5.41) is 9.10. The second-order valence-electron chi connectivity index (χ2n) is 6.14. The van der Waals surface area contributed by atoms with Gasteiger partial charge in [-0.3, -0.25) is 4.79 Å². The number of urea groups is 1. The third-order valence-corrected chi connectivity index (χ3v) is 4.53. The minimum absolute atomic E-state index is 0.0116. The molecule has 0 aromatic heterocycles. The number of aliphatic carboxylic acids is 1. The lowest BCUT2D eigenvalue weighted by molar-refractivity contribution is -0.142. The number of rotatable bonds is 3. The Morgan fingerprint density at radius 3 is 2.42 bits per heavy atom. The standard InChI is InChI=1S/C14H24N2O3/c1-10-7-16(9-12(10)13(17)18)14(19)15(2)8-11-5-3-4-6-11/h10-12H,3-9H2,1-2H3,(H,17,18)/t10-,12-/m1/s1. The number of carboxylic acids is 1. The number of likely N-dealkylation sites (tertiary alicyclic amines) is 1. The maximum Gasteiger partial charge on any atom is 0.319 e. The first-order chi connectivity index (χ1) is 8.99. The van der Waals surface area contributed by atoms with Gasteiger partial charge < -0.3 is 14.9 Å². The largest absolute Gasteiger partial charge is 0.481 e. The molecule has 1 aliphatic carbocycles.